The molecule has 1 aromatic heterocycles. The van der Waals surface area contributed by atoms with Gasteiger partial charge in [0.25, 0.3) is 0 Å². The molecule has 5 rings (SSSR count). The molecular weight excluding hydrogens is 518 g/mol. The van der Waals surface area contributed by atoms with E-state index in [1.54, 1.807) is 32.7 Å². The minimum atomic E-state index is -0.700. The highest BCUT2D eigenvalue weighted by Gasteiger charge is 2.31. The summed E-state index contributed by atoms with van der Waals surface area (Å²) in [6.07, 6.45) is -0.171. The van der Waals surface area contributed by atoms with Gasteiger partial charge in [0.05, 0.1) is 51.5 Å². The molecule has 204 valence electrons. The monoisotopic (exact) mass is 549 g/mol. The van der Waals surface area contributed by atoms with Crippen LogP contribution in [-0.4, -0.2) is 52.3 Å². The highest BCUT2D eigenvalue weighted by molar-refractivity contribution is 7.19. The summed E-state index contributed by atoms with van der Waals surface area (Å²) in [5.74, 6) is 2.41. The van der Waals surface area contributed by atoms with Crippen LogP contribution in [0.4, 0.5) is 10.5 Å². The van der Waals surface area contributed by atoms with Crippen molar-refractivity contribution in [2.24, 2.45) is 0 Å². The number of aliphatic hydroxyl groups excluding tert-OH is 1. The van der Waals surface area contributed by atoms with Crippen LogP contribution < -0.4 is 23.8 Å². The number of carbonyl (C=O) groups is 1. The molecule has 4 aromatic rings. The third-order valence-corrected chi connectivity index (χ3v) is 7.92. The predicted molar refractivity (Wildman–Crippen MR) is 151 cm³/mol. The number of carbonyl (C=O) groups excluding carboxylic acids is 1. The van der Waals surface area contributed by atoms with Gasteiger partial charge < -0.3 is 28.8 Å². The number of rotatable bonds is 8. The van der Waals surface area contributed by atoms with Crippen LogP contribution in [0.1, 0.15) is 21.6 Å². The van der Waals surface area contributed by atoms with E-state index in [2.05, 4.69) is 6.07 Å². The summed E-state index contributed by atoms with van der Waals surface area (Å²) in [5, 5.41) is 11.6. The summed E-state index contributed by atoms with van der Waals surface area (Å²) in [7, 11) is 6.12. The molecule has 39 heavy (non-hydrogen) atoms. The van der Waals surface area contributed by atoms with Crippen LogP contribution in [0.5, 0.6) is 23.0 Å². The van der Waals surface area contributed by atoms with E-state index < -0.39 is 12.2 Å². The molecule has 1 N–H and O–H groups in total. The van der Waals surface area contributed by atoms with Crippen LogP contribution >= 0.6 is 11.3 Å². The van der Waals surface area contributed by atoms with Gasteiger partial charge in [-0.15, -0.1) is 11.3 Å². The molecular formula is C30H31NO7S. The largest absolute Gasteiger partial charge is 0.493 e. The van der Waals surface area contributed by atoms with Gasteiger partial charge in [0.1, 0.15) is 12.4 Å². The quantitative estimate of drug-likeness (QED) is 0.307. The molecule has 0 fully saturated rings. The van der Waals surface area contributed by atoms with E-state index in [0.29, 0.717) is 48.1 Å². The summed E-state index contributed by atoms with van der Waals surface area (Å²) in [6.45, 7) is 0.543. The smallest absolute Gasteiger partial charge is 0.414 e. The van der Waals surface area contributed by atoms with Gasteiger partial charge in [0, 0.05) is 29.2 Å². The average molecular weight is 550 g/mol. The molecule has 8 nitrogen and oxygen atoms in total. The number of hydrogen-bond donors (Lipinski definition) is 1. The number of methoxy groups -OCH3 is 4. The van der Waals surface area contributed by atoms with E-state index in [4.69, 9.17) is 23.7 Å². The minimum absolute atomic E-state index is 0.158. The maximum atomic E-state index is 12.6. The van der Waals surface area contributed by atoms with Crippen molar-refractivity contribution in [1.82, 2.24) is 0 Å². The Morgan fingerprint density at radius 3 is 2.31 bits per heavy atom. The predicted octanol–water partition coefficient (Wildman–Crippen LogP) is 5.59. The first-order chi connectivity index (χ1) is 18.9. The van der Waals surface area contributed by atoms with Crippen LogP contribution in [0.15, 0.2) is 54.6 Å². The fourth-order valence-corrected chi connectivity index (χ4v) is 6.17. The van der Waals surface area contributed by atoms with Gasteiger partial charge >= 0.3 is 6.09 Å². The Bertz CT molecular complexity index is 1460. The Labute approximate surface area is 231 Å². The van der Waals surface area contributed by atoms with Crippen LogP contribution in [0.25, 0.3) is 10.1 Å². The summed E-state index contributed by atoms with van der Waals surface area (Å²) >= 11 is 1.63. The van der Waals surface area contributed by atoms with Crippen molar-refractivity contribution in [2.45, 2.75) is 25.6 Å². The van der Waals surface area contributed by atoms with Gasteiger partial charge in [-0.1, -0.05) is 30.3 Å². The molecule has 1 unspecified atom stereocenters. The van der Waals surface area contributed by atoms with Crippen molar-refractivity contribution < 1.29 is 33.6 Å². The number of ether oxygens (including phenoxy) is 5. The summed E-state index contributed by atoms with van der Waals surface area (Å²) in [4.78, 5) is 15.2. The first kappa shape index (κ1) is 26.6. The molecule has 0 spiro atoms. The van der Waals surface area contributed by atoms with E-state index in [-0.39, 0.29) is 6.54 Å². The van der Waals surface area contributed by atoms with Crippen LogP contribution in [0.2, 0.25) is 0 Å². The molecule has 1 aliphatic heterocycles. The topological polar surface area (TPSA) is 86.7 Å². The summed E-state index contributed by atoms with van der Waals surface area (Å²) < 4.78 is 28.9. The van der Waals surface area contributed by atoms with E-state index in [0.717, 1.165) is 31.7 Å². The molecule has 1 atom stereocenters. The number of thiophene rings is 1. The highest BCUT2D eigenvalue weighted by Crippen LogP contribution is 2.45. The van der Waals surface area contributed by atoms with Gasteiger partial charge in [-0.3, -0.25) is 4.90 Å². The molecule has 9 heteroatoms. The molecule has 1 amide bonds. The summed E-state index contributed by atoms with van der Waals surface area (Å²) in [5.41, 5.74) is 3.62. The second kappa shape index (κ2) is 11.4. The number of fused-ring (bicyclic) bond motifs is 3. The van der Waals surface area contributed by atoms with E-state index in [1.165, 1.54) is 12.0 Å². The molecule has 2 heterocycles. The Kier molecular flexibility index (Phi) is 7.81. The molecule has 1 aliphatic rings. The molecule has 0 saturated heterocycles. The number of aliphatic hydroxyl groups is 1. The Morgan fingerprint density at radius 2 is 1.67 bits per heavy atom. The van der Waals surface area contributed by atoms with Crippen molar-refractivity contribution >= 4 is 33.2 Å². The van der Waals surface area contributed by atoms with Gasteiger partial charge in [-0.25, -0.2) is 4.79 Å². The van der Waals surface area contributed by atoms with Gasteiger partial charge in [-0.2, -0.15) is 0 Å². The molecule has 0 saturated carbocycles. The summed E-state index contributed by atoms with van der Waals surface area (Å²) in [6, 6.07) is 17.8. The van der Waals surface area contributed by atoms with Crippen molar-refractivity contribution in [3.05, 3.63) is 76.2 Å². The first-order valence-electron chi connectivity index (χ1n) is 12.5. The number of amides is 1. The van der Waals surface area contributed by atoms with E-state index in [9.17, 15) is 9.90 Å². The lowest BCUT2D eigenvalue weighted by molar-refractivity contribution is 0.154. The SMILES string of the molecule is COC(=O)N1CC(O)Cc2c1cc(OCc1ccccc1)c1sc(Cc3cc(OC)c(OC)c(OC)c3)cc21. The zero-order chi connectivity index (χ0) is 27.5. The number of nitrogens with zero attached hydrogens (tertiary/aromatic N) is 1. The fourth-order valence-electron chi connectivity index (χ4n) is 4.98. The Balaban J connectivity index is 1.60. The lowest BCUT2D eigenvalue weighted by Crippen LogP contribution is -2.42. The third kappa shape index (κ3) is 5.32. The highest BCUT2D eigenvalue weighted by atomic mass is 32.1. The second-order valence-corrected chi connectivity index (χ2v) is 10.4. The van der Waals surface area contributed by atoms with Gasteiger partial charge in [0.15, 0.2) is 11.5 Å². The minimum Gasteiger partial charge on any atom is -0.493 e. The third-order valence-electron chi connectivity index (χ3n) is 6.77. The maximum absolute atomic E-state index is 12.6. The number of β-amino-alcohol motifs (C(OH)–C–C–N with tert-alkyl or cyclic N) is 1. The standard InChI is InChI=1S/C30H31NO7S/c1-34-25-11-19(12-26(35-2)28(25)36-3)10-21-14-23-22-13-20(32)16-31(30(33)37-4)24(22)15-27(29(23)39-21)38-17-18-8-6-5-7-9-18/h5-9,11-12,14-15,20,32H,10,13,16-17H2,1-4H3. The maximum Gasteiger partial charge on any atom is 0.414 e. The van der Waals surface area contributed by atoms with E-state index in [1.807, 2.05) is 48.5 Å². The Hall–Kier alpha value is -3.95. The second-order valence-electron chi connectivity index (χ2n) is 9.25. The van der Waals surface area contributed by atoms with Crippen molar-refractivity contribution in [1.29, 1.82) is 0 Å². The number of hydrogen-bond acceptors (Lipinski definition) is 8. The van der Waals surface area contributed by atoms with Gasteiger partial charge in [0.2, 0.25) is 5.75 Å². The average Bonchev–Trinajstić information content (AvgIpc) is 3.39. The fraction of sp³-hybridized carbons (Fsp3) is 0.300. The van der Waals surface area contributed by atoms with Gasteiger partial charge in [-0.05, 0) is 34.9 Å². The normalized spacial score (nSPS) is 14.6. The van der Waals surface area contributed by atoms with Crippen molar-refractivity contribution in [3.8, 4) is 23.0 Å². The van der Waals surface area contributed by atoms with Crippen LogP contribution in [-0.2, 0) is 24.2 Å². The molecule has 0 aliphatic carbocycles. The van der Waals surface area contributed by atoms with E-state index >= 15 is 0 Å². The first-order valence-corrected chi connectivity index (χ1v) is 13.3. The lowest BCUT2D eigenvalue weighted by atomic mass is 9.96. The molecule has 0 bridgehead atoms. The zero-order valence-electron chi connectivity index (χ0n) is 22.4. The zero-order valence-corrected chi connectivity index (χ0v) is 23.2. The Morgan fingerprint density at radius 1 is 0.949 bits per heavy atom. The van der Waals surface area contributed by atoms with Crippen molar-refractivity contribution in [2.75, 3.05) is 39.9 Å². The lowest BCUT2D eigenvalue weighted by Gasteiger charge is -2.32. The number of benzene rings is 3. The molecule has 3 aromatic carbocycles. The number of anilines is 1. The van der Waals surface area contributed by atoms with Crippen LogP contribution in [0.3, 0.4) is 0 Å². The van der Waals surface area contributed by atoms with Crippen molar-refractivity contribution in [3.63, 3.8) is 0 Å². The molecule has 0 radical (unpaired) electrons. The van der Waals surface area contributed by atoms with Crippen LogP contribution in [0, 0.1) is 0 Å².